The Morgan fingerprint density at radius 3 is 1.64 bits per heavy atom. The Balaban J connectivity index is 1.08. The van der Waals surface area contributed by atoms with Crippen LogP contribution >= 0.6 is 0 Å². The minimum Gasteiger partial charge on any atom is -0.228 e. The van der Waals surface area contributed by atoms with Crippen LogP contribution in [-0.4, -0.2) is 9.97 Å². The topological polar surface area (TPSA) is 25.8 Å². The third-order valence-electron chi connectivity index (χ3n) is 11.3. The average Bonchev–Trinajstić information content (AvgIpc) is 3.48. The van der Waals surface area contributed by atoms with Crippen molar-refractivity contribution in [3.63, 3.8) is 0 Å². The quantitative estimate of drug-likeness (QED) is 0.172. The summed E-state index contributed by atoms with van der Waals surface area (Å²) in [5, 5.41) is 2.51. The molecule has 2 nitrogen and oxygen atoms in total. The van der Waals surface area contributed by atoms with E-state index >= 15 is 0 Å². The van der Waals surface area contributed by atoms with Gasteiger partial charge in [0.05, 0.1) is 11.4 Å². The number of hydrogen-bond donors (Lipinski definition) is 0. The van der Waals surface area contributed by atoms with Gasteiger partial charge in [0.25, 0.3) is 0 Å². The Labute approximate surface area is 322 Å². The highest BCUT2D eigenvalue weighted by Crippen LogP contribution is 2.52. The molecule has 260 valence electrons. The van der Waals surface area contributed by atoms with Crippen LogP contribution in [-0.2, 0) is 5.41 Å². The first kappa shape index (κ1) is 32.7. The van der Waals surface area contributed by atoms with Crippen molar-refractivity contribution in [2.45, 2.75) is 19.3 Å². The summed E-state index contributed by atoms with van der Waals surface area (Å²) in [6, 6.07) is 69.7. The van der Waals surface area contributed by atoms with E-state index in [-0.39, 0.29) is 5.41 Å². The van der Waals surface area contributed by atoms with E-state index in [0.29, 0.717) is 5.82 Å². The van der Waals surface area contributed by atoms with E-state index in [1.807, 2.05) is 12.1 Å². The first-order valence-corrected chi connectivity index (χ1v) is 19.0. The molecule has 2 heteroatoms. The molecule has 1 aliphatic rings. The zero-order chi connectivity index (χ0) is 36.9. The van der Waals surface area contributed by atoms with Crippen LogP contribution in [0.3, 0.4) is 0 Å². The molecule has 1 aromatic heterocycles. The molecule has 0 saturated carbocycles. The van der Waals surface area contributed by atoms with Crippen LogP contribution < -0.4 is 0 Å². The minimum atomic E-state index is -0.0986. The highest BCUT2D eigenvalue weighted by Gasteiger charge is 2.36. The van der Waals surface area contributed by atoms with Crippen LogP contribution in [0, 0.1) is 0 Å². The maximum Gasteiger partial charge on any atom is 0.160 e. The number of benzene rings is 8. The van der Waals surface area contributed by atoms with Gasteiger partial charge in [-0.25, -0.2) is 9.97 Å². The van der Waals surface area contributed by atoms with Gasteiger partial charge < -0.3 is 0 Å². The molecule has 1 heterocycles. The van der Waals surface area contributed by atoms with Gasteiger partial charge >= 0.3 is 0 Å². The van der Waals surface area contributed by atoms with E-state index < -0.39 is 0 Å². The lowest BCUT2D eigenvalue weighted by Crippen LogP contribution is -2.15. The number of hydrogen-bond acceptors (Lipinski definition) is 2. The largest absolute Gasteiger partial charge is 0.228 e. The van der Waals surface area contributed by atoms with Crippen LogP contribution in [0.1, 0.15) is 25.0 Å². The zero-order valence-corrected chi connectivity index (χ0v) is 30.9. The first-order chi connectivity index (χ1) is 27.0. The van der Waals surface area contributed by atoms with Crippen molar-refractivity contribution >= 4 is 10.8 Å². The van der Waals surface area contributed by atoms with Crippen molar-refractivity contribution in [1.82, 2.24) is 9.97 Å². The van der Waals surface area contributed by atoms with Gasteiger partial charge in [0.15, 0.2) is 5.82 Å². The predicted molar refractivity (Wildman–Crippen MR) is 230 cm³/mol. The van der Waals surface area contributed by atoms with Gasteiger partial charge in [-0.1, -0.05) is 184 Å². The SMILES string of the molecule is CC1(C)c2ccccc2-c2cc(-c3cccc4ccccc34)c(-c3ccc(-c4cccc(-c5nc(-c6ccccc6)cc(-c6ccccc6)n5)c4)cc3)cc21. The fraction of sp³-hybridized carbons (Fsp3) is 0.0566. The number of rotatable bonds is 6. The molecule has 0 spiro atoms. The number of nitrogens with zero attached hydrogens (tertiary/aromatic N) is 2. The lowest BCUT2D eigenvalue weighted by molar-refractivity contribution is 0.660. The second-order valence-corrected chi connectivity index (χ2v) is 15.0. The second kappa shape index (κ2) is 13.2. The molecule has 0 amide bonds. The zero-order valence-electron chi connectivity index (χ0n) is 30.9. The molecule has 9 aromatic rings. The van der Waals surface area contributed by atoms with Gasteiger partial charge in [0, 0.05) is 22.1 Å². The normalized spacial score (nSPS) is 12.7. The predicted octanol–water partition coefficient (Wildman–Crippen LogP) is 13.9. The van der Waals surface area contributed by atoms with E-state index in [2.05, 4.69) is 196 Å². The first-order valence-electron chi connectivity index (χ1n) is 19.0. The molecule has 0 bridgehead atoms. The van der Waals surface area contributed by atoms with Crippen molar-refractivity contribution in [2.75, 3.05) is 0 Å². The van der Waals surface area contributed by atoms with E-state index in [1.165, 1.54) is 55.3 Å². The standard InChI is InChI=1S/C53H38N2/c1-53(2)48-26-12-11-24-44(48)47-32-46(43-25-14-20-36-15-9-10-23-42(36)43)45(33-49(47)53)37-29-27-35(28-30-37)40-21-13-22-41(31-40)52-54-50(38-16-5-3-6-17-38)34-51(55-52)39-18-7-4-8-19-39/h3-34H,1-2H3. The van der Waals surface area contributed by atoms with E-state index in [0.717, 1.165) is 39.2 Å². The molecule has 55 heavy (non-hydrogen) atoms. The summed E-state index contributed by atoms with van der Waals surface area (Å²) in [4.78, 5) is 10.2. The number of aromatic nitrogens is 2. The summed E-state index contributed by atoms with van der Waals surface area (Å²) in [6.45, 7) is 4.72. The van der Waals surface area contributed by atoms with Crippen LogP contribution in [0.2, 0.25) is 0 Å². The lowest BCUT2D eigenvalue weighted by atomic mass is 9.80. The Morgan fingerprint density at radius 2 is 0.891 bits per heavy atom. The monoisotopic (exact) mass is 702 g/mol. The van der Waals surface area contributed by atoms with Crippen molar-refractivity contribution in [1.29, 1.82) is 0 Å². The van der Waals surface area contributed by atoms with Gasteiger partial charge in [0.1, 0.15) is 0 Å². The summed E-state index contributed by atoms with van der Waals surface area (Å²) in [6.07, 6.45) is 0. The molecule has 0 fully saturated rings. The van der Waals surface area contributed by atoms with E-state index in [1.54, 1.807) is 0 Å². The molecule has 0 N–H and O–H groups in total. The fourth-order valence-corrected chi connectivity index (χ4v) is 8.44. The molecule has 0 unspecified atom stereocenters. The highest BCUT2D eigenvalue weighted by atomic mass is 14.9. The molecule has 10 rings (SSSR count). The lowest BCUT2D eigenvalue weighted by Gasteiger charge is -2.23. The Morgan fingerprint density at radius 1 is 0.327 bits per heavy atom. The van der Waals surface area contributed by atoms with Crippen LogP contribution in [0.25, 0.3) is 89.2 Å². The Kier molecular flexibility index (Phi) is 7.85. The molecule has 0 radical (unpaired) electrons. The van der Waals surface area contributed by atoms with Gasteiger partial charge in [-0.2, -0.15) is 0 Å². The summed E-state index contributed by atoms with van der Waals surface area (Å²) >= 11 is 0. The van der Waals surface area contributed by atoms with Gasteiger partial charge in [-0.05, 0) is 90.7 Å². The van der Waals surface area contributed by atoms with Gasteiger partial charge in [0.2, 0.25) is 0 Å². The second-order valence-electron chi connectivity index (χ2n) is 15.0. The molecular weight excluding hydrogens is 665 g/mol. The smallest absolute Gasteiger partial charge is 0.160 e. The molecular formula is C53H38N2. The van der Waals surface area contributed by atoms with Crippen molar-refractivity contribution in [2.24, 2.45) is 0 Å². The third kappa shape index (κ3) is 5.75. The Bertz CT molecular complexity index is 2810. The average molecular weight is 703 g/mol. The molecule has 8 aromatic carbocycles. The Hall–Kier alpha value is -6.90. The third-order valence-corrected chi connectivity index (χ3v) is 11.3. The van der Waals surface area contributed by atoms with Gasteiger partial charge in [-0.3, -0.25) is 0 Å². The summed E-state index contributed by atoms with van der Waals surface area (Å²) in [5.74, 6) is 0.708. The minimum absolute atomic E-state index is 0.0986. The van der Waals surface area contributed by atoms with Crippen LogP contribution in [0.4, 0.5) is 0 Å². The maximum atomic E-state index is 5.09. The van der Waals surface area contributed by atoms with Crippen molar-refractivity contribution in [3.8, 4) is 78.4 Å². The molecule has 0 aliphatic heterocycles. The van der Waals surface area contributed by atoms with Crippen molar-refractivity contribution in [3.05, 3.63) is 205 Å². The van der Waals surface area contributed by atoms with Gasteiger partial charge in [-0.15, -0.1) is 0 Å². The molecule has 0 atom stereocenters. The fourth-order valence-electron chi connectivity index (χ4n) is 8.44. The molecule has 1 aliphatic carbocycles. The summed E-state index contributed by atoms with van der Waals surface area (Å²) in [5.41, 5.74) is 17.5. The van der Waals surface area contributed by atoms with Crippen LogP contribution in [0.15, 0.2) is 194 Å². The molecule has 0 saturated heterocycles. The van der Waals surface area contributed by atoms with E-state index in [4.69, 9.17) is 9.97 Å². The van der Waals surface area contributed by atoms with Crippen LogP contribution in [0.5, 0.6) is 0 Å². The number of fused-ring (bicyclic) bond motifs is 4. The summed E-state index contributed by atoms with van der Waals surface area (Å²) < 4.78 is 0. The highest BCUT2D eigenvalue weighted by molar-refractivity contribution is 6.02. The maximum absolute atomic E-state index is 5.09. The van der Waals surface area contributed by atoms with E-state index in [9.17, 15) is 0 Å². The summed E-state index contributed by atoms with van der Waals surface area (Å²) in [7, 11) is 0. The van der Waals surface area contributed by atoms with Crippen molar-refractivity contribution < 1.29 is 0 Å².